The van der Waals surface area contributed by atoms with E-state index in [9.17, 15) is 9.18 Å². The summed E-state index contributed by atoms with van der Waals surface area (Å²) in [7, 11) is 0. The van der Waals surface area contributed by atoms with Gasteiger partial charge in [-0.25, -0.2) is 4.39 Å². The molecule has 2 rings (SSSR count). The summed E-state index contributed by atoms with van der Waals surface area (Å²) in [4.78, 5) is 11.6. The zero-order valence-electron chi connectivity index (χ0n) is 7.51. The molecule has 0 amide bonds. The average molecular weight is 178 g/mol. The molecule has 0 N–H and O–H groups in total. The van der Waals surface area contributed by atoms with Gasteiger partial charge in [0, 0.05) is 11.5 Å². The molecule has 2 heteroatoms. The fourth-order valence-electron chi connectivity index (χ4n) is 1.76. The number of rotatable bonds is 0. The number of hydrogen-bond donors (Lipinski definition) is 0. The molecule has 0 radical (unpaired) electrons. The van der Waals surface area contributed by atoms with E-state index >= 15 is 0 Å². The van der Waals surface area contributed by atoms with E-state index in [2.05, 4.69) is 0 Å². The molecule has 1 aromatic rings. The second-order valence-corrected chi connectivity index (χ2v) is 3.61. The van der Waals surface area contributed by atoms with E-state index < -0.39 is 0 Å². The topological polar surface area (TPSA) is 17.1 Å². The van der Waals surface area contributed by atoms with Crippen LogP contribution in [0.25, 0.3) is 0 Å². The lowest BCUT2D eigenvalue weighted by Gasteiger charge is -2.19. The first kappa shape index (κ1) is 8.42. The van der Waals surface area contributed by atoms with Crippen molar-refractivity contribution in [3.05, 3.63) is 35.1 Å². The van der Waals surface area contributed by atoms with Gasteiger partial charge in [-0.1, -0.05) is 13.0 Å². The third-order valence-corrected chi connectivity index (χ3v) is 2.63. The van der Waals surface area contributed by atoms with Crippen molar-refractivity contribution in [3.63, 3.8) is 0 Å². The van der Waals surface area contributed by atoms with E-state index in [0.29, 0.717) is 5.56 Å². The standard InChI is InChI=1S/C11H11FO/c1-7-2-3-8-4-5-9(12)6-10(8)11(7)13/h4-7H,2-3H2,1H3/t7-/m1/s1. The molecule has 13 heavy (non-hydrogen) atoms. The maximum absolute atomic E-state index is 12.8. The average Bonchev–Trinajstić information content (AvgIpc) is 2.12. The summed E-state index contributed by atoms with van der Waals surface area (Å²) in [5.41, 5.74) is 1.57. The molecule has 0 aromatic heterocycles. The number of hydrogen-bond acceptors (Lipinski definition) is 1. The Hall–Kier alpha value is -1.18. The van der Waals surface area contributed by atoms with Crippen LogP contribution in [-0.4, -0.2) is 5.78 Å². The zero-order valence-corrected chi connectivity index (χ0v) is 7.51. The minimum atomic E-state index is -0.318. The van der Waals surface area contributed by atoms with Crippen LogP contribution in [0.15, 0.2) is 18.2 Å². The van der Waals surface area contributed by atoms with Gasteiger partial charge >= 0.3 is 0 Å². The number of halogens is 1. The fraction of sp³-hybridized carbons (Fsp3) is 0.364. The monoisotopic (exact) mass is 178 g/mol. The van der Waals surface area contributed by atoms with E-state index in [1.165, 1.54) is 12.1 Å². The summed E-state index contributed by atoms with van der Waals surface area (Å²) in [6.07, 6.45) is 1.78. The predicted molar refractivity (Wildman–Crippen MR) is 48.2 cm³/mol. The van der Waals surface area contributed by atoms with Gasteiger partial charge in [0.25, 0.3) is 0 Å². The van der Waals surface area contributed by atoms with E-state index in [0.717, 1.165) is 18.4 Å². The van der Waals surface area contributed by atoms with Crippen molar-refractivity contribution >= 4 is 5.78 Å². The Bertz CT molecular complexity index is 357. The molecule has 1 nitrogen and oxygen atoms in total. The minimum absolute atomic E-state index is 0.0503. The number of aryl methyl sites for hydroxylation is 1. The zero-order chi connectivity index (χ0) is 9.42. The lowest BCUT2D eigenvalue weighted by Crippen LogP contribution is -2.20. The third-order valence-electron chi connectivity index (χ3n) is 2.63. The maximum Gasteiger partial charge on any atom is 0.166 e. The van der Waals surface area contributed by atoms with E-state index in [1.54, 1.807) is 6.07 Å². The third kappa shape index (κ3) is 1.37. The van der Waals surface area contributed by atoms with Crippen LogP contribution < -0.4 is 0 Å². The van der Waals surface area contributed by atoms with Gasteiger partial charge in [0.15, 0.2) is 5.78 Å². The Labute approximate surface area is 76.6 Å². The number of Topliss-reactive ketones (excluding diaryl/α,β-unsaturated/α-hetero) is 1. The SMILES string of the molecule is C[C@@H]1CCc2ccc(F)cc2C1=O. The summed E-state index contributed by atoms with van der Waals surface area (Å²) in [5, 5.41) is 0. The first-order chi connectivity index (χ1) is 6.18. The van der Waals surface area contributed by atoms with Crippen molar-refractivity contribution in [2.24, 2.45) is 5.92 Å². The van der Waals surface area contributed by atoms with E-state index in [1.807, 2.05) is 6.92 Å². The molecular formula is C11H11FO. The largest absolute Gasteiger partial charge is 0.294 e. The molecule has 1 atom stereocenters. The summed E-state index contributed by atoms with van der Waals surface area (Å²) in [6, 6.07) is 4.49. The van der Waals surface area contributed by atoms with Crippen molar-refractivity contribution in [1.82, 2.24) is 0 Å². The highest BCUT2D eigenvalue weighted by molar-refractivity contribution is 5.99. The first-order valence-electron chi connectivity index (χ1n) is 4.51. The molecule has 0 saturated heterocycles. The Balaban J connectivity index is 2.51. The Morgan fingerprint density at radius 3 is 3.00 bits per heavy atom. The predicted octanol–water partition coefficient (Wildman–Crippen LogP) is 2.59. The number of fused-ring (bicyclic) bond motifs is 1. The number of carbonyl (C=O) groups is 1. The van der Waals surface area contributed by atoms with Gasteiger partial charge in [-0.3, -0.25) is 4.79 Å². The minimum Gasteiger partial charge on any atom is -0.294 e. The van der Waals surface area contributed by atoms with Crippen molar-refractivity contribution < 1.29 is 9.18 Å². The molecule has 68 valence electrons. The van der Waals surface area contributed by atoms with Gasteiger partial charge in [-0.15, -0.1) is 0 Å². The van der Waals surface area contributed by atoms with E-state index in [4.69, 9.17) is 0 Å². The van der Waals surface area contributed by atoms with Crippen LogP contribution in [0.4, 0.5) is 4.39 Å². The molecule has 0 unspecified atom stereocenters. The van der Waals surface area contributed by atoms with Gasteiger partial charge in [0.1, 0.15) is 5.82 Å². The van der Waals surface area contributed by atoms with Crippen LogP contribution in [0.1, 0.15) is 29.3 Å². The summed E-state index contributed by atoms with van der Waals surface area (Å²) < 4.78 is 12.8. The highest BCUT2D eigenvalue weighted by atomic mass is 19.1. The number of ketones is 1. The highest BCUT2D eigenvalue weighted by Gasteiger charge is 2.23. The van der Waals surface area contributed by atoms with Crippen LogP contribution in [-0.2, 0) is 6.42 Å². The molecule has 0 spiro atoms. The normalized spacial score (nSPS) is 21.4. The van der Waals surface area contributed by atoms with Gasteiger partial charge in [0.2, 0.25) is 0 Å². The summed E-state index contributed by atoms with van der Waals surface area (Å²) >= 11 is 0. The van der Waals surface area contributed by atoms with Crippen LogP contribution in [0, 0.1) is 11.7 Å². The first-order valence-corrected chi connectivity index (χ1v) is 4.51. The lowest BCUT2D eigenvalue weighted by atomic mass is 9.84. The maximum atomic E-state index is 12.8. The van der Waals surface area contributed by atoms with Crippen LogP contribution in [0.3, 0.4) is 0 Å². The highest BCUT2D eigenvalue weighted by Crippen LogP contribution is 2.25. The van der Waals surface area contributed by atoms with Crippen molar-refractivity contribution in [2.45, 2.75) is 19.8 Å². The lowest BCUT2D eigenvalue weighted by molar-refractivity contribution is 0.0913. The van der Waals surface area contributed by atoms with Crippen LogP contribution in [0.5, 0.6) is 0 Å². The van der Waals surface area contributed by atoms with Crippen molar-refractivity contribution in [1.29, 1.82) is 0 Å². The Morgan fingerprint density at radius 1 is 1.46 bits per heavy atom. The second kappa shape index (κ2) is 2.95. The molecule has 1 aliphatic rings. The van der Waals surface area contributed by atoms with E-state index in [-0.39, 0.29) is 17.5 Å². The van der Waals surface area contributed by atoms with Gasteiger partial charge < -0.3 is 0 Å². The molecular weight excluding hydrogens is 167 g/mol. The summed E-state index contributed by atoms with van der Waals surface area (Å²) in [5.74, 6) is -0.184. The quantitative estimate of drug-likeness (QED) is 0.596. The summed E-state index contributed by atoms with van der Waals surface area (Å²) in [6.45, 7) is 1.90. The Kier molecular flexibility index (Phi) is 1.91. The molecule has 1 aromatic carbocycles. The molecule has 0 saturated carbocycles. The molecule has 0 aliphatic heterocycles. The second-order valence-electron chi connectivity index (χ2n) is 3.61. The van der Waals surface area contributed by atoms with Gasteiger partial charge in [0.05, 0.1) is 0 Å². The number of carbonyl (C=O) groups excluding carboxylic acids is 1. The molecule has 1 aliphatic carbocycles. The number of benzene rings is 1. The van der Waals surface area contributed by atoms with Crippen LogP contribution >= 0.6 is 0 Å². The van der Waals surface area contributed by atoms with Crippen molar-refractivity contribution in [2.75, 3.05) is 0 Å². The molecule has 0 bridgehead atoms. The van der Waals surface area contributed by atoms with Gasteiger partial charge in [-0.05, 0) is 30.5 Å². The molecule has 0 fully saturated rings. The smallest absolute Gasteiger partial charge is 0.166 e. The Morgan fingerprint density at radius 2 is 2.23 bits per heavy atom. The van der Waals surface area contributed by atoms with Crippen molar-refractivity contribution in [3.8, 4) is 0 Å². The fourth-order valence-corrected chi connectivity index (χ4v) is 1.76. The molecule has 0 heterocycles. The van der Waals surface area contributed by atoms with Gasteiger partial charge in [-0.2, -0.15) is 0 Å². The van der Waals surface area contributed by atoms with Crippen LogP contribution in [0.2, 0.25) is 0 Å².